The van der Waals surface area contributed by atoms with E-state index in [0.717, 1.165) is 0 Å². The molecule has 1 N–H and O–H groups in total. The monoisotopic (exact) mass is 280 g/mol. The van der Waals surface area contributed by atoms with Gasteiger partial charge in [-0.15, -0.1) is 0 Å². The van der Waals surface area contributed by atoms with Crippen LogP contribution in [0.1, 0.15) is 27.2 Å². The Bertz CT molecular complexity index is 309. The van der Waals surface area contributed by atoms with Gasteiger partial charge in [0.2, 0.25) is 4.87 Å². The van der Waals surface area contributed by atoms with Crippen molar-refractivity contribution >= 4 is 29.5 Å². The molecule has 6 nitrogen and oxygen atoms in total. The molecule has 0 radical (unpaired) electrons. The Morgan fingerprint density at radius 3 is 1.83 bits per heavy atom. The summed E-state index contributed by atoms with van der Waals surface area (Å²) >= 11 is 5.98. The van der Waals surface area contributed by atoms with E-state index in [-0.39, 0.29) is 13.2 Å². The number of alkyl halides is 1. The Morgan fingerprint density at radius 1 is 1.17 bits per heavy atom. The number of hydrogen-bond donors (Lipinski definition) is 1. The van der Waals surface area contributed by atoms with Gasteiger partial charge in [0.25, 0.3) is 0 Å². The SMILES string of the molecule is CCOC(=O)C(Cl)(C(=O)OCC)C(C)CC(=O)O. The number of carbonyl (C=O) groups excluding carboxylic acids is 2. The molecule has 18 heavy (non-hydrogen) atoms. The number of ether oxygens (including phenoxy) is 2. The lowest BCUT2D eigenvalue weighted by molar-refractivity contribution is -0.161. The predicted octanol–water partition coefficient (Wildman–Crippen LogP) is 1.20. The van der Waals surface area contributed by atoms with Crippen LogP contribution in [-0.4, -0.2) is 41.1 Å². The van der Waals surface area contributed by atoms with Crippen LogP contribution >= 0.6 is 11.6 Å². The van der Waals surface area contributed by atoms with Gasteiger partial charge in [-0.1, -0.05) is 18.5 Å². The van der Waals surface area contributed by atoms with E-state index in [9.17, 15) is 14.4 Å². The third kappa shape index (κ3) is 3.87. The van der Waals surface area contributed by atoms with E-state index in [0.29, 0.717) is 0 Å². The molecule has 0 saturated carbocycles. The maximum absolute atomic E-state index is 11.8. The van der Waals surface area contributed by atoms with Crippen molar-refractivity contribution in [2.45, 2.75) is 32.1 Å². The van der Waals surface area contributed by atoms with Crippen molar-refractivity contribution in [3.8, 4) is 0 Å². The zero-order chi connectivity index (χ0) is 14.3. The van der Waals surface area contributed by atoms with E-state index in [1.54, 1.807) is 13.8 Å². The summed E-state index contributed by atoms with van der Waals surface area (Å²) in [5.41, 5.74) is 0. The van der Waals surface area contributed by atoms with Gasteiger partial charge in [0, 0.05) is 5.92 Å². The number of carboxylic acids is 1. The van der Waals surface area contributed by atoms with Crippen LogP contribution in [-0.2, 0) is 23.9 Å². The number of carboxylic acid groups (broad SMARTS) is 1. The normalized spacial score (nSPS) is 12.7. The second-order valence-electron chi connectivity index (χ2n) is 3.65. The van der Waals surface area contributed by atoms with E-state index < -0.39 is 35.1 Å². The van der Waals surface area contributed by atoms with E-state index >= 15 is 0 Å². The molecule has 0 aromatic heterocycles. The largest absolute Gasteiger partial charge is 0.481 e. The highest BCUT2D eigenvalue weighted by Gasteiger charge is 2.52. The first-order valence-corrected chi connectivity index (χ1v) is 5.93. The lowest BCUT2D eigenvalue weighted by Crippen LogP contribution is -2.49. The van der Waals surface area contributed by atoms with E-state index in [2.05, 4.69) is 0 Å². The second kappa shape index (κ2) is 7.20. The first-order chi connectivity index (χ1) is 8.30. The summed E-state index contributed by atoms with van der Waals surface area (Å²) in [6.45, 7) is 4.57. The van der Waals surface area contributed by atoms with Crippen LogP contribution in [0.2, 0.25) is 0 Å². The highest BCUT2D eigenvalue weighted by atomic mass is 35.5. The molecular formula is C11H17ClO6. The standard InChI is InChI=1S/C11H17ClO6/c1-4-17-9(15)11(12,10(16)18-5-2)7(3)6-8(13)14/h7H,4-6H2,1-3H3,(H,13,14). The van der Waals surface area contributed by atoms with Crippen molar-refractivity contribution in [1.82, 2.24) is 0 Å². The minimum absolute atomic E-state index is 0.0342. The summed E-state index contributed by atoms with van der Waals surface area (Å²) in [4.78, 5) is 32.0. The molecule has 0 fully saturated rings. The molecule has 0 bridgehead atoms. The molecule has 1 unspecified atom stereocenters. The summed E-state index contributed by atoms with van der Waals surface area (Å²) in [7, 11) is 0. The fraction of sp³-hybridized carbons (Fsp3) is 0.727. The Morgan fingerprint density at radius 2 is 1.56 bits per heavy atom. The number of aliphatic carboxylic acids is 1. The average Bonchev–Trinajstić information content (AvgIpc) is 2.27. The minimum atomic E-state index is -2.12. The first kappa shape index (κ1) is 16.7. The van der Waals surface area contributed by atoms with Crippen LogP contribution in [0.3, 0.4) is 0 Å². The van der Waals surface area contributed by atoms with Gasteiger partial charge in [-0.25, -0.2) is 9.59 Å². The van der Waals surface area contributed by atoms with Crippen molar-refractivity contribution in [2.24, 2.45) is 5.92 Å². The molecule has 0 aliphatic heterocycles. The zero-order valence-corrected chi connectivity index (χ0v) is 11.3. The van der Waals surface area contributed by atoms with E-state index in [1.165, 1.54) is 6.92 Å². The van der Waals surface area contributed by atoms with E-state index in [1.807, 2.05) is 0 Å². The van der Waals surface area contributed by atoms with Gasteiger partial charge in [-0.3, -0.25) is 4.79 Å². The highest BCUT2D eigenvalue weighted by Crippen LogP contribution is 2.31. The van der Waals surface area contributed by atoms with Gasteiger partial charge in [0.15, 0.2) is 0 Å². The molecule has 104 valence electrons. The predicted molar refractivity (Wildman–Crippen MR) is 63.3 cm³/mol. The maximum atomic E-state index is 11.8. The summed E-state index contributed by atoms with van der Waals surface area (Å²) in [6, 6.07) is 0. The van der Waals surface area contributed by atoms with Crippen LogP contribution in [0, 0.1) is 5.92 Å². The number of carbonyl (C=O) groups is 3. The Labute approximate surface area is 110 Å². The molecule has 0 saturated heterocycles. The molecule has 0 aromatic rings. The smallest absolute Gasteiger partial charge is 0.339 e. The third-order valence-corrected chi connectivity index (χ3v) is 2.99. The van der Waals surface area contributed by atoms with Gasteiger partial charge in [0.1, 0.15) is 0 Å². The second-order valence-corrected chi connectivity index (χ2v) is 4.25. The molecule has 0 aliphatic carbocycles. The van der Waals surface area contributed by atoms with Crippen LogP contribution in [0.25, 0.3) is 0 Å². The fourth-order valence-corrected chi connectivity index (χ4v) is 1.55. The van der Waals surface area contributed by atoms with Crippen molar-refractivity contribution in [3.63, 3.8) is 0 Å². The van der Waals surface area contributed by atoms with Crippen molar-refractivity contribution < 1.29 is 29.0 Å². The Balaban J connectivity index is 5.19. The topological polar surface area (TPSA) is 89.9 Å². The quantitative estimate of drug-likeness (QED) is 0.428. The van der Waals surface area contributed by atoms with Gasteiger partial charge >= 0.3 is 17.9 Å². The number of hydrogen-bond acceptors (Lipinski definition) is 5. The van der Waals surface area contributed by atoms with Crippen LogP contribution in [0.5, 0.6) is 0 Å². The molecule has 0 spiro atoms. The molecule has 1 atom stereocenters. The molecule has 0 amide bonds. The molecule has 0 heterocycles. The zero-order valence-electron chi connectivity index (χ0n) is 10.6. The first-order valence-electron chi connectivity index (χ1n) is 5.55. The van der Waals surface area contributed by atoms with E-state index in [4.69, 9.17) is 26.2 Å². The number of halogens is 1. The van der Waals surface area contributed by atoms with Crippen molar-refractivity contribution in [3.05, 3.63) is 0 Å². The van der Waals surface area contributed by atoms with Gasteiger partial charge in [-0.2, -0.15) is 0 Å². The van der Waals surface area contributed by atoms with Gasteiger partial charge < -0.3 is 14.6 Å². The van der Waals surface area contributed by atoms with Crippen LogP contribution in [0.15, 0.2) is 0 Å². The number of rotatable bonds is 7. The minimum Gasteiger partial charge on any atom is -0.481 e. The summed E-state index contributed by atoms with van der Waals surface area (Å²) in [5, 5.41) is 8.71. The molecular weight excluding hydrogens is 264 g/mol. The van der Waals surface area contributed by atoms with Crippen LogP contribution < -0.4 is 0 Å². The van der Waals surface area contributed by atoms with Crippen LogP contribution in [0.4, 0.5) is 0 Å². The van der Waals surface area contributed by atoms with Crippen molar-refractivity contribution in [2.75, 3.05) is 13.2 Å². The fourth-order valence-electron chi connectivity index (χ4n) is 1.36. The molecule has 0 aromatic carbocycles. The molecule has 7 heteroatoms. The summed E-state index contributed by atoms with van der Waals surface area (Å²) in [5.74, 6) is -4.09. The van der Waals surface area contributed by atoms with Gasteiger partial charge in [-0.05, 0) is 13.8 Å². The summed E-state index contributed by atoms with van der Waals surface area (Å²) < 4.78 is 9.43. The maximum Gasteiger partial charge on any atom is 0.339 e. The Hall–Kier alpha value is -1.30. The highest BCUT2D eigenvalue weighted by molar-refractivity contribution is 6.45. The summed E-state index contributed by atoms with van der Waals surface area (Å²) in [6.07, 6.45) is -0.443. The molecule has 0 aliphatic rings. The third-order valence-electron chi connectivity index (χ3n) is 2.30. The van der Waals surface area contributed by atoms with Crippen molar-refractivity contribution in [1.29, 1.82) is 0 Å². The lowest BCUT2D eigenvalue weighted by Gasteiger charge is -2.27. The number of esters is 2. The van der Waals surface area contributed by atoms with Gasteiger partial charge in [0.05, 0.1) is 19.6 Å². The lowest BCUT2D eigenvalue weighted by atomic mass is 9.90. The molecule has 0 rings (SSSR count). The Kier molecular flexibility index (Phi) is 6.68. The average molecular weight is 281 g/mol.